The average molecular weight is 504 g/mol. The van der Waals surface area contributed by atoms with Crippen molar-refractivity contribution in [3.05, 3.63) is 0 Å². The van der Waals surface area contributed by atoms with E-state index in [9.17, 15) is 61.3 Å². The first-order chi connectivity index (χ1) is 15.9. The van der Waals surface area contributed by atoms with Crippen molar-refractivity contribution in [3.8, 4) is 0 Å². The molecule has 0 saturated carbocycles. The minimum Gasteiger partial charge on any atom is -0.394 e. The van der Waals surface area contributed by atoms with Gasteiger partial charge in [0.25, 0.3) is 0 Å². The second-order valence-corrected chi connectivity index (χ2v) is 8.57. The summed E-state index contributed by atoms with van der Waals surface area (Å²) in [7, 11) is 0. The molecule has 0 aromatic rings. The summed E-state index contributed by atoms with van der Waals surface area (Å²) in [5, 5.41) is 121. The summed E-state index contributed by atoms with van der Waals surface area (Å²) >= 11 is 0. The summed E-state index contributed by atoms with van der Waals surface area (Å²) in [4.78, 5) is 0. The zero-order valence-electron chi connectivity index (χ0n) is 17.7. The van der Waals surface area contributed by atoms with E-state index in [1.807, 2.05) is 0 Å². The lowest BCUT2D eigenvalue weighted by atomic mass is 9.83. The smallest absolute Gasteiger partial charge is 0.225 e. The highest BCUT2D eigenvalue weighted by Gasteiger charge is 2.63. The van der Waals surface area contributed by atoms with Crippen LogP contribution < -0.4 is 0 Å². The lowest BCUT2D eigenvalue weighted by molar-refractivity contribution is -0.420. The molecular formula is C18H32O16. The molecule has 3 aliphatic rings. The topological polar surface area (TPSA) is 280 Å². The molecule has 15 atom stereocenters. The lowest BCUT2D eigenvalue weighted by Gasteiger charge is -2.53. The van der Waals surface area contributed by atoms with Crippen molar-refractivity contribution < 1.29 is 80.2 Å². The molecule has 12 N–H and O–H groups in total. The molecule has 0 aromatic heterocycles. The molecule has 16 heteroatoms. The van der Waals surface area contributed by atoms with Gasteiger partial charge in [0, 0.05) is 0 Å². The second-order valence-electron chi connectivity index (χ2n) is 8.57. The number of rotatable bonds is 6. The predicted octanol–water partition coefficient (Wildman–Crippen LogP) is -8.18. The van der Waals surface area contributed by atoms with Crippen LogP contribution in [-0.2, 0) is 18.9 Å². The van der Waals surface area contributed by atoms with Gasteiger partial charge in [-0.25, -0.2) is 0 Å². The summed E-state index contributed by atoms with van der Waals surface area (Å²) in [6, 6.07) is 0. The summed E-state index contributed by atoms with van der Waals surface area (Å²) in [5.41, 5.74) is 0. The molecule has 0 amide bonds. The maximum atomic E-state index is 11.0. The van der Waals surface area contributed by atoms with Crippen LogP contribution >= 0.6 is 0 Å². The van der Waals surface area contributed by atoms with Gasteiger partial charge in [0.15, 0.2) is 6.29 Å². The largest absolute Gasteiger partial charge is 0.394 e. The van der Waals surface area contributed by atoms with Crippen LogP contribution in [0.4, 0.5) is 0 Å². The monoisotopic (exact) mass is 504 g/mol. The molecule has 16 nitrogen and oxygen atoms in total. The van der Waals surface area contributed by atoms with Crippen molar-refractivity contribution in [2.45, 2.75) is 91.4 Å². The molecule has 0 aromatic carbocycles. The normalized spacial score (nSPS) is 54.7. The van der Waals surface area contributed by atoms with Gasteiger partial charge in [-0.15, -0.1) is 0 Å². The molecule has 3 heterocycles. The quantitative estimate of drug-likeness (QED) is 0.160. The Morgan fingerprint density at radius 2 is 1.09 bits per heavy atom. The van der Waals surface area contributed by atoms with Gasteiger partial charge in [0.2, 0.25) is 5.79 Å². The van der Waals surface area contributed by atoms with E-state index >= 15 is 0 Å². The molecule has 0 radical (unpaired) electrons. The van der Waals surface area contributed by atoms with Gasteiger partial charge in [-0.05, 0) is 0 Å². The van der Waals surface area contributed by atoms with Crippen LogP contribution in [0.5, 0.6) is 0 Å². The van der Waals surface area contributed by atoms with Gasteiger partial charge in [-0.2, -0.15) is 0 Å². The Kier molecular flexibility index (Phi) is 8.85. The van der Waals surface area contributed by atoms with Gasteiger partial charge >= 0.3 is 0 Å². The van der Waals surface area contributed by atoms with E-state index in [-0.39, 0.29) is 0 Å². The molecule has 0 aliphatic carbocycles. The highest BCUT2D eigenvalue weighted by molar-refractivity contribution is 5.06. The number of aliphatic hydroxyl groups is 12. The highest BCUT2D eigenvalue weighted by atomic mass is 16.7. The van der Waals surface area contributed by atoms with E-state index in [1.54, 1.807) is 0 Å². The van der Waals surface area contributed by atoms with E-state index in [4.69, 9.17) is 18.9 Å². The Labute approximate surface area is 192 Å². The summed E-state index contributed by atoms with van der Waals surface area (Å²) in [5.74, 6) is -3.00. The highest BCUT2D eigenvalue weighted by Crippen LogP contribution is 2.39. The van der Waals surface area contributed by atoms with Crippen molar-refractivity contribution in [1.29, 1.82) is 0 Å². The Morgan fingerprint density at radius 3 is 1.62 bits per heavy atom. The summed E-state index contributed by atoms with van der Waals surface area (Å²) in [6.07, 6.45) is -25.9. The third kappa shape index (κ3) is 4.71. The third-order valence-corrected chi connectivity index (χ3v) is 6.41. The molecule has 0 spiro atoms. The van der Waals surface area contributed by atoms with E-state index in [2.05, 4.69) is 0 Å². The van der Waals surface area contributed by atoms with E-state index in [1.165, 1.54) is 0 Å². The van der Waals surface area contributed by atoms with Crippen molar-refractivity contribution in [2.24, 2.45) is 0 Å². The summed E-state index contributed by atoms with van der Waals surface area (Å²) in [6.45, 7) is -2.62. The van der Waals surface area contributed by atoms with Crippen LogP contribution in [0, 0.1) is 0 Å². The first-order valence-electron chi connectivity index (χ1n) is 10.6. The molecule has 3 aliphatic heterocycles. The Balaban J connectivity index is 1.83. The predicted molar refractivity (Wildman–Crippen MR) is 101 cm³/mol. The van der Waals surface area contributed by atoms with Gasteiger partial charge in [0.1, 0.15) is 79.4 Å². The molecule has 1 unspecified atom stereocenters. The molecule has 3 saturated heterocycles. The molecule has 34 heavy (non-hydrogen) atoms. The van der Waals surface area contributed by atoms with Crippen LogP contribution in [0.25, 0.3) is 0 Å². The summed E-state index contributed by atoms with van der Waals surface area (Å²) < 4.78 is 21.1. The van der Waals surface area contributed by atoms with Gasteiger partial charge in [-0.1, -0.05) is 0 Å². The molecule has 3 fully saturated rings. The minimum absolute atomic E-state index is 0.780. The first kappa shape index (κ1) is 27.9. The van der Waals surface area contributed by atoms with E-state index in [0.29, 0.717) is 0 Å². The fourth-order valence-corrected chi connectivity index (χ4v) is 4.35. The fourth-order valence-electron chi connectivity index (χ4n) is 4.35. The van der Waals surface area contributed by atoms with E-state index < -0.39 is 111 Å². The number of hydrogen-bond acceptors (Lipinski definition) is 16. The van der Waals surface area contributed by atoms with Crippen molar-refractivity contribution >= 4 is 0 Å². The van der Waals surface area contributed by atoms with E-state index in [0.717, 1.165) is 0 Å². The number of hydrogen-bond donors (Lipinski definition) is 12. The molecule has 3 rings (SSSR count). The van der Waals surface area contributed by atoms with Crippen LogP contribution in [0.3, 0.4) is 0 Å². The van der Waals surface area contributed by atoms with Gasteiger partial charge < -0.3 is 80.2 Å². The SMILES string of the molecule is OC[C@H]1O[C@@H](O[C@H]2[C@H](O)[C@@H](O)C(O)([C@H]3O[C@H](CO)[C@@H](O)[C@H](O)[C@@H]3O)O[C@@H]2CO)[C@H](O)[C@@H](O)[C@H]1O. The third-order valence-electron chi connectivity index (χ3n) is 6.41. The van der Waals surface area contributed by atoms with Crippen LogP contribution in [0.1, 0.15) is 0 Å². The van der Waals surface area contributed by atoms with Gasteiger partial charge in [-0.3, -0.25) is 0 Å². The molecule has 200 valence electrons. The number of aliphatic hydroxyl groups excluding tert-OH is 11. The Hall–Kier alpha value is -0.640. The van der Waals surface area contributed by atoms with Crippen molar-refractivity contribution in [2.75, 3.05) is 19.8 Å². The second kappa shape index (κ2) is 10.8. The Bertz CT molecular complexity index is 664. The Morgan fingerprint density at radius 1 is 0.588 bits per heavy atom. The van der Waals surface area contributed by atoms with Crippen molar-refractivity contribution in [1.82, 2.24) is 0 Å². The fraction of sp³-hybridized carbons (Fsp3) is 1.00. The maximum absolute atomic E-state index is 11.0. The molecular weight excluding hydrogens is 472 g/mol. The minimum atomic E-state index is -3.00. The zero-order valence-corrected chi connectivity index (χ0v) is 17.7. The first-order valence-corrected chi connectivity index (χ1v) is 10.6. The number of ether oxygens (including phenoxy) is 4. The van der Waals surface area contributed by atoms with Crippen LogP contribution in [-0.4, -0.2) is 173 Å². The lowest BCUT2D eigenvalue weighted by Crippen LogP contribution is -2.75. The van der Waals surface area contributed by atoms with Gasteiger partial charge in [0.05, 0.1) is 19.8 Å². The van der Waals surface area contributed by atoms with Crippen LogP contribution in [0.2, 0.25) is 0 Å². The standard InChI is InChI=1S/C18H32O16/c19-1-4-7(22)9(24)11(26)16(31-4)18(30)15(29)13(28)14(6(3-21)34-18)33-17-12(27)10(25)8(23)5(2-20)32-17/h4-17,19-30H,1-3H2/t4-,5-,6-,7-,8+,9+,10+,11+,12-,13+,14-,15-,16+,17+,18?/m1/s1. The maximum Gasteiger partial charge on any atom is 0.225 e. The average Bonchev–Trinajstić information content (AvgIpc) is 2.82. The van der Waals surface area contributed by atoms with Crippen LogP contribution in [0.15, 0.2) is 0 Å². The van der Waals surface area contributed by atoms with Crippen molar-refractivity contribution in [3.63, 3.8) is 0 Å². The molecule has 0 bridgehead atoms. The zero-order chi connectivity index (χ0) is 25.5.